The summed E-state index contributed by atoms with van der Waals surface area (Å²) in [6.45, 7) is 10.1. The summed E-state index contributed by atoms with van der Waals surface area (Å²) in [5.74, 6) is 0.962. The minimum absolute atomic E-state index is 0.126. The standard InChI is InChI=1S/C15H22ClN5O/c1-9(2)11(4)21-13(6-7-17-21)18-14(22)8-20-12(5)15(16)10(3)19-20/h6-7,9,11H,8H2,1-5H3,(H,18,22)/t11-/m1/s1. The van der Waals surface area contributed by atoms with Crippen molar-refractivity contribution in [1.29, 1.82) is 0 Å². The van der Waals surface area contributed by atoms with Gasteiger partial charge in [-0.1, -0.05) is 25.4 Å². The van der Waals surface area contributed by atoms with E-state index >= 15 is 0 Å². The lowest BCUT2D eigenvalue weighted by Gasteiger charge is -2.19. The molecular formula is C15H22ClN5O. The van der Waals surface area contributed by atoms with E-state index in [2.05, 4.69) is 36.3 Å². The summed E-state index contributed by atoms with van der Waals surface area (Å²) in [4.78, 5) is 12.2. The van der Waals surface area contributed by atoms with E-state index in [1.54, 1.807) is 16.9 Å². The van der Waals surface area contributed by atoms with Crippen LogP contribution in [0.4, 0.5) is 5.82 Å². The van der Waals surface area contributed by atoms with Crippen LogP contribution in [0.1, 0.15) is 38.2 Å². The second-order valence-electron chi connectivity index (χ2n) is 5.84. The van der Waals surface area contributed by atoms with Crippen molar-refractivity contribution in [2.45, 2.75) is 47.2 Å². The lowest BCUT2D eigenvalue weighted by atomic mass is 10.1. The van der Waals surface area contributed by atoms with Crippen molar-refractivity contribution in [3.63, 3.8) is 0 Å². The number of aromatic nitrogens is 4. The molecule has 0 aliphatic heterocycles. The van der Waals surface area contributed by atoms with Crippen LogP contribution in [0.3, 0.4) is 0 Å². The number of halogens is 1. The number of hydrogen-bond acceptors (Lipinski definition) is 3. The molecular weight excluding hydrogens is 302 g/mol. The van der Waals surface area contributed by atoms with E-state index in [4.69, 9.17) is 11.6 Å². The van der Waals surface area contributed by atoms with Gasteiger partial charge in [-0.2, -0.15) is 10.2 Å². The van der Waals surface area contributed by atoms with E-state index in [0.717, 1.165) is 11.4 Å². The Morgan fingerprint density at radius 2 is 2.05 bits per heavy atom. The molecule has 1 atom stereocenters. The fraction of sp³-hybridized carbons (Fsp3) is 0.533. The zero-order valence-corrected chi connectivity index (χ0v) is 14.3. The van der Waals surface area contributed by atoms with E-state index in [1.165, 1.54) is 0 Å². The quantitative estimate of drug-likeness (QED) is 0.919. The first-order valence-corrected chi connectivity index (χ1v) is 7.72. The highest BCUT2D eigenvalue weighted by atomic mass is 35.5. The van der Waals surface area contributed by atoms with Gasteiger partial charge in [-0.25, -0.2) is 4.68 Å². The third-order valence-electron chi connectivity index (χ3n) is 3.87. The number of hydrogen-bond donors (Lipinski definition) is 1. The van der Waals surface area contributed by atoms with Crippen LogP contribution in [-0.2, 0) is 11.3 Å². The third kappa shape index (κ3) is 3.32. The minimum atomic E-state index is -0.153. The van der Waals surface area contributed by atoms with Crippen LogP contribution in [-0.4, -0.2) is 25.5 Å². The van der Waals surface area contributed by atoms with E-state index in [-0.39, 0.29) is 18.5 Å². The molecule has 6 nitrogen and oxygen atoms in total. The molecule has 0 spiro atoms. The van der Waals surface area contributed by atoms with E-state index in [1.807, 2.05) is 18.5 Å². The van der Waals surface area contributed by atoms with Gasteiger partial charge in [-0.3, -0.25) is 9.48 Å². The highest BCUT2D eigenvalue weighted by Gasteiger charge is 2.17. The fourth-order valence-electron chi connectivity index (χ4n) is 2.17. The van der Waals surface area contributed by atoms with Crippen LogP contribution < -0.4 is 5.32 Å². The summed E-state index contributed by atoms with van der Waals surface area (Å²) in [6.07, 6.45) is 1.69. The molecule has 7 heteroatoms. The maximum atomic E-state index is 12.2. The van der Waals surface area contributed by atoms with Crippen molar-refractivity contribution in [3.05, 3.63) is 28.7 Å². The van der Waals surface area contributed by atoms with Crippen LogP contribution in [0.2, 0.25) is 5.02 Å². The van der Waals surface area contributed by atoms with Gasteiger partial charge in [0.1, 0.15) is 12.4 Å². The van der Waals surface area contributed by atoms with Crippen molar-refractivity contribution in [1.82, 2.24) is 19.6 Å². The lowest BCUT2D eigenvalue weighted by molar-refractivity contribution is -0.117. The molecule has 2 aromatic rings. The van der Waals surface area contributed by atoms with Crippen LogP contribution in [0, 0.1) is 19.8 Å². The number of anilines is 1. The average molecular weight is 324 g/mol. The molecule has 1 N–H and O–H groups in total. The summed E-state index contributed by atoms with van der Waals surface area (Å²) >= 11 is 6.10. The SMILES string of the molecule is Cc1nn(CC(=O)Nc2ccnn2[C@H](C)C(C)C)c(C)c1Cl. The zero-order valence-electron chi connectivity index (χ0n) is 13.6. The van der Waals surface area contributed by atoms with E-state index in [0.29, 0.717) is 16.8 Å². The van der Waals surface area contributed by atoms with Gasteiger partial charge in [-0.05, 0) is 26.7 Å². The molecule has 120 valence electrons. The van der Waals surface area contributed by atoms with Gasteiger partial charge < -0.3 is 5.32 Å². The van der Waals surface area contributed by atoms with Gasteiger partial charge in [0, 0.05) is 6.07 Å². The number of carbonyl (C=O) groups is 1. The summed E-state index contributed by atoms with van der Waals surface area (Å²) in [6, 6.07) is 2.00. The molecule has 22 heavy (non-hydrogen) atoms. The number of rotatable bonds is 5. The van der Waals surface area contributed by atoms with E-state index < -0.39 is 0 Å². The first-order chi connectivity index (χ1) is 10.3. The largest absolute Gasteiger partial charge is 0.309 e. The van der Waals surface area contributed by atoms with Crippen molar-refractivity contribution >= 4 is 23.3 Å². The number of amides is 1. The highest BCUT2D eigenvalue weighted by molar-refractivity contribution is 6.31. The predicted molar refractivity (Wildman–Crippen MR) is 87.1 cm³/mol. The molecule has 2 aromatic heterocycles. The first-order valence-electron chi connectivity index (χ1n) is 7.34. The number of aryl methyl sites for hydroxylation is 1. The maximum absolute atomic E-state index is 12.2. The predicted octanol–water partition coefficient (Wildman–Crippen LogP) is 3.21. The van der Waals surface area contributed by atoms with Gasteiger partial charge in [-0.15, -0.1) is 0 Å². The Hall–Kier alpha value is -1.82. The molecule has 0 unspecified atom stereocenters. The molecule has 0 aliphatic carbocycles. The van der Waals surface area contributed by atoms with Crippen LogP contribution in [0.25, 0.3) is 0 Å². The monoisotopic (exact) mass is 323 g/mol. The molecule has 0 aromatic carbocycles. The molecule has 1 amide bonds. The molecule has 0 radical (unpaired) electrons. The normalized spacial score (nSPS) is 12.7. The lowest BCUT2D eigenvalue weighted by Crippen LogP contribution is -2.23. The average Bonchev–Trinajstić information content (AvgIpc) is 2.99. The summed E-state index contributed by atoms with van der Waals surface area (Å²) in [7, 11) is 0. The second kappa shape index (κ2) is 6.52. The maximum Gasteiger partial charge on any atom is 0.247 e. The van der Waals surface area contributed by atoms with Gasteiger partial charge in [0.25, 0.3) is 0 Å². The molecule has 2 heterocycles. The van der Waals surface area contributed by atoms with Gasteiger partial charge in [0.2, 0.25) is 5.91 Å². The van der Waals surface area contributed by atoms with Crippen molar-refractivity contribution in [2.75, 3.05) is 5.32 Å². The van der Waals surface area contributed by atoms with E-state index in [9.17, 15) is 4.79 Å². The molecule has 0 saturated heterocycles. The second-order valence-corrected chi connectivity index (χ2v) is 6.21. The third-order valence-corrected chi connectivity index (χ3v) is 4.42. The van der Waals surface area contributed by atoms with Crippen LogP contribution in [0.5, 0.6) is 0 Å². The van der Waals surface area contributed by atoms with Crippen molar-refractivity contribution in [2.24, 2.45) is 5.92 Å². The number of carbonyl (C=O) groups excluding carboxylic acids is 1. The molecule has 0 fully saturated rings. The Bertz CT molecular complexity index is 674. The smallest absolute Gasteiger partial charge is 0.247 e. The van der Waals surface area contributed by atoms with Crippen molar-refractivity contribution < 1.29 is 4.79 Å². The first kappa shape index (κ1) is 16.5. The minimum Gasteiger partial charge on any atom is -0.309 e. The van der Waals surface area contributed by atoms with Crippen molar-refractivity contribution in [3.8, 4) is 0 Å². The number of nitrogens with one attached hydrogen (secondary N) is 1. The van der Waals surface area contributed by atoms with Crippen LogP contribution >= 0.6 is 11.6 Å². The van der Waals surface area contributed by atoms with Gasteiger partial charge >= 0.3 is 0 Å². The zero-order chi connectivity index (χ0) is 16.4. The summed E-state index contributed by atoms with van der Waals surface area (Å²) in [5, 5.41) is 12.0. The Morgan fingerprint density at radius 1 is 1.36 bits per heavy atom. The summed E-state index contributed by atoms with van der Waals surface area (Å²) < 4.78 is 3.44. The molecule has 0 bridgehead atoms. The Kier molecular flexibility index (Phi) is 4.90. The molecule has 0 aliphatic rings. The summed E-state index contributed by atoms with van der Waals surface area (Å²) in [5.41, 5.74) is 1.52. The number of nitrogens with zero attached hydrogens (tertiary/aromatic N) is 4. The van der Waals surface area contributed by atoms with Gasteiger partial charge in [0.15, 0.2) is 0 Å². The highest BCUT2D eigenvalue weighted by Crippen LogP contribution is 2.21. The van der Waals surface area contributed by atoms with Gasteiger partial charge in [0.05, 0.1) is 28.6 Å². The Balaban J connectivity index is 2.10. The van der Waals surface area contributed by atoms with Crippen LogP contribution in [0.15, 0.2) is 12.3 Å². The fourth-order valence-corrected chi connectivity index (χ4v) is 2.30. The Labute approximate surface area is 135 Å². The molecule has 2 rings (SSSR count). The molecule has 0 saturated carbocycles. The Morgan fingerprint density at radius 3 is 2.59 bits per heavy atom. The topological polar surface area (TPSA) is 64.7 Å².